The van der Waals surface area contributed by atoms with E-state index in [1.54, 1.807) is 0 Å². The predicted molar refractivity (Wildman–Crippen MR) is 62.1 cm³/mol. The van der Waals surface area contributed by atoms with Crippen LogP contribution in [0.15, 0.2) is 0 Å². The van der Waals surface area contributed by atoms with Gasteiger partial charge < -0.3 is 15.4 Å². The Labute approximate surface area is 97.1 Å². The number of carbonyl (C=O) groups excluding carboxylic acids is 1. The maximum absolute atomic E-state index is 12.1. The lowest BCUT2D eigenvalue weighted by molar-refractivity contribution is -0.0134. The van der Waals surface area contributed by atoms with Crippen LogP contribution in [0.25, 0.3) is 0 Å². The minimum absolute atomic E-state index is 0.0810. The van der Waals surface area contributed by atoms with Crippen molar-refractivity contribution in [3.63, 3.8) is 0 Å². The molecule has 0 aromatic heterocycles. The Balaban J connectivity index is 2.07. The van der Waals surface area contributed by atoms with Crippen LogP contribution in [0.2, 0.25) is 0 Å². The van der Waals surface area contributed by atoms with Crippen LogP contribution in [0.5, 0.6) is 0 Å². The number of likely N-dealkylation sites (tertiary alicyclic amines) is 1. The second kappa shape index (κ2) is 3.62. The van der Waals surface area contributed by atoms with E-state index >= 15 is 0 Å². The normalized spacial score (nSPS) is 28.0. The number of hydrogen-bond acceptors (Lipinski definition) is 3. The number of ether oxygens (including phenoxy) is 1. The molecule has 16 heavy (non-hydrogen) atoms. The summed E-state index contributed by atoms with van der Waals surface area (Å²) >= 11 is 0. The van der Waals surface area contributed by atoms with E-state index in [1.165, 1.54) is 6.42 Å². The highest BCUT2D eigenvalue weighted by Gasteiger charge is 2.53. The van der Waals surface area contributed by atoms with Crippen LogP contribution in [0.4, 0.5) is 4.79 Å². The van der Waals surface area contributed by atoms with E-state index in [0.29, 0.717) is 0 Å². The molecule has 0 radical (unpaired) electrons. The summed E-state index contributed by atoms with van der Waals surface area (Å²) in [7, 11) is 0. The second-order valence-corrected chi connectivity index (χ2v) is 5.98. The molecule has 1 amide bonds. The Morgan fingerprint density at radius 2 is 2.06 bits per heavy atom. The van der Waals surface area contributed by atoms with Crippen molar-refractivity contribution in [1.29, 1.82) is 0 Å². The Kier molecular flexibility index (Phi) is 2.65. The standard InChI is InChI=1S/C12H22N2O2/c1-11(2,3)16-10(15)14-8-5-9(13)12(14)6-4-7-12/h9H,4-8,13H2,1-3H3/t9-/m0/s1. The van der Waals surface area contributed by atoms with Crippen molar-refractivity contribution in [2.24, 2.45) is 5.73 Å². The summed E-state index contributed by atoms with van der Waals surface area (Å²) in [5.41, 5.74) is 5.61. The van der Waals surface area contributed by atoms with Crippen molar-refractivity contribution >= 4 is 6.09 Å². The van der Waals surface area contributed by atoms with Crippen molar-refractivity contribution in [1.82, 2.24) is 4.90 Å². The van der Waals surface area contributed by atoms with Crippen LogP contribution in [-0.2, 0) is 4.74 Å². The largest absolute Gasteiger partial charge is 0.444 e. The zero-order valence-electron chi connectivity index (χ0n) is 10.5. The van der Waals surface area contributed by atoms with Gasteiger partial charge >= 0.3 is 6.09 Å². The van der Waals surface area contributed by atoms with Crippen LogP contribution >= 0.6 is 0 Å². The number of carbonyl (C=O) groups is 1. The maximum atomic E-state index is 12.1. The van der Waals surface area contributed by atoms with Gasteiger partial charge in [-0.3, -0.25) is 0 Å². The van der Waals surface area contributed by atoms with E-state index in [1.807, 2.05) is 25.7 Å². The van der Waals surface area contributed by atoms with Crippen molar-refractivity contribution in [2.45, 2.75) is 63.6 Å². The average Bonchev–Trinajstić information content (AvgIpc) is 2.38. The van der Waals surface area contributed by atoms with Gasteiger partial charge in [0.25, 0.3) is 0 Å². The van der Waals surface area contributed by atoms with Gasteiger partial charge in [-0.25, -0.2) is 4.79 Å². The summed E-state index contributed by atoms with van der Waals surface area (Å²) in [5.74, 6) is 0. The van der Waals surface area contributed by atoms with Gasteiger partial charge in [-0.05, 0) is 46.5 Å². The number of amides is 1. The summed E-state index contributed by atoms with van der Waals surface area (Å²) in [6, 6.07) is 0.133. The molecule has 2 aliphatic rings. The topological polar surface area (TPSA) is 55.6 Å². The van der Waals surface area contributed by atoms with Crippen molar-refractivity contribution < 1.29 is 9.53 Å². The summed E-state index contributed by atoms with van der Waals surface area (Å²) < 4.78 is 5.43. The van der Waals surface area contributed by atoms with Crippen LogP contribution in [-0.4, -0.2) is 34.7 Å². The van der Waals surface area contributed by atoms with Crippen LogP contribution in [0.1, 0.15) is 46.5 Å². The molecular weight excluding hydrogens is 204 g/mol. The molecule has 0 bridgehead atoms. The first-order valence-corrected chi connectivity index (χ1v) is 6.11. The van der Waals surface area contributed by atoms with E-state index in [9.17, 15) is 4.79 Å². The molecule has 4 nitrogen and oxygen atoms in total. The fourth-order valence-electron chi connectivity index (χ4n) is 2.73. The summed E-state index contributed by atoms with van der Waals surface area (Å²) in [6.07, 6.45) is 3.95. The predicted octanol–water partition coefficient (Wildman–Crippen LogP) is 1.88. The molecule has 1 aliphatic carbocycles. The third kappa shape index (κ3) is 1.79. The average molecular weight is 226 g/mol. The Morgan fingerprint density at radius 1 is 1.44 bits per heavy atom. The lowest BCUT2D eigenvalue weighted by atomic mass is 9.72. The van der Waals surface area contributed by atoms with Gasteiger partial charge in [0.05, 0.1) is 5.54 Å². The van der Waals surface area contributed by atoms with Crippen LogP contribution < -0.4 is 5.73 Å². The third-order valence-electron chi connectivity index (χ3n) is 3.72. The molecular formula is C12H22N2O2. The molecule has 2 N–H and O–H groups in total. The monoisotopic (exact) mass is 226 g/mol. The van der Waals surface area contributed by atoms with Crippen molar-refractivity contribution in [3.8, 4) is 0 Å². The highest BCUT2D eigenvalue weighted by atomic mass is 16.6. The van der Waals surface area contributed by atoms with E-state index < -0.39 is 5.60 Å². The molecule has 0 aromatic rings. The molecule has 1 aliphatic heterocycles. The Bertz CT molecular complexity index is 292. The number of nitrogens with two attached hydrogens (primary N) is 1. The maximum Gasteiger partial charge on any atom is 0.410 e. The fraction of sp³-hybridized carbons (Fsp3) is 0.917. The lowest BCUT2D eigenvalue weighted by Crippen LogP contribution is -2.60. The zero-order valence-corrected chi connectivity index (χ0v) is 10.5. The van der Waals surface area contributed by atoms with Crippen LogP contribution in [0, 0.1) is 0 Å². The first-order chi connectivity index (χ1) is 7.35. The quantitative estimate of drug-likeness (QED) is 0.686. The Hall–Kier alpha value is -0.770. The van der Waals surface area contributed by atoms with E-state index in [-0.39, 0.29) is 17.7 Å². The smallest absolute Gasteiger partial charge is 0.410 e. The first kappa shape index (κ1) is 11.7. The summed E-state index contributed by atoms with van der Waals surface area (Å²) in [5, 5.41) is 0. The van der Waals surface area contributed by atoms with Gasteiger partial charge in [-0.1, -0.05) is 0 Å². The van der Waals surface area contributed by atoms with E-state index in [0.717, 1.165) is 25.8 Å². The summed E-state index contributed by atoms with van der Waals surface area (Å²) in [6.45, 7) is 6.44. The zero-order chi connectivity index (χ0) is 12.0. The SMILES string of the molecule is CC(C)(C)OC(=O)N1CC[C@H](N)C12CCC2. The minimum atomic E-state index is -0.422. The molecule has 2 fully saturated rings. The van der Waals surface area contributed by atoms with Gasteiger partial charge in [0.15, 0.2) is 0 Å². The molecule has 1 saturated carbocycles. The van der Waals surface area contributed by atoms with Crippen molar-refractivity contribution in [3.05, 3.63) is 0 Å². The highest BCUT2D eigenvalue weighted by molar-refractivity contribution is 5.70. The molecule has 0 unspecified atom stereocenters. The molecule has 92 valence electrons. The molecule has 2 rings (SSSR count). The number of rotatable bonds is 0. The third-order valence-corrected chi connectivity index (χ3v) is 3.72. The Morgan fingerprint density at radius 3 is 2.50 bits per heavy atom. The summed E-state index contributed by atoms with van der Waals surface area (Å²) in [4.78, 5) is 13.9. The molecule has 1 saturated heterocycles. The minimum Gasteiger partial charge on any atom is -0.444 e. The second-order valence-electron chi connectivity index (χ2n) is 5.98. The van der Waals surface area contributed by atoms with Gasteiger partial charge in [0, 0.05) is 12.6 Å². The first-order valence-electron chi connectivity index (χ1n) is 6.11. The van der Waals surface area contributed by atoms with Gasteiger partial charge in [-0.2, -0.15) is 0 Å². The van der Waals surface area contributed by atoms with Crippen LogP contribution in [0.3, 0.4) is 0 Å². The van der Waals surface area contributed by atoms with Gasteiger partial charge in [0.1, 0.15) is 5.60 Å². The molecule has 1 atom stereocenters. The number of hydrogen-bond donors (Lipinski definition) is 1. The molecule has 4 heteroatoms. The van der Waals surface area contributed by atoms with Gasteiger partial charge in [-0.15, -0.1) is 0 Å². The molecule has 1 spiro atoms. The molecule has 0 aromatic carbocycles. The van der Waals surface area contributed by atoms with E-state index in [4.69, 9.17) is 10.5 Å². The molecule has 1 heterocycles. The van der Waals surface area contributed by atoms with Gasteiger partial charge in [0.2, 0.25) is 0 Å². The number of nitrogens with zero attached hydrogens (tertiary/aromatic N) is 1. The highest BCUT2D eigenvalue weighted by Crippen LogP contribution is 2.45. The van der Waals surface area contributed by atoms with Crippen molar-refractivity contribution in [2.75, 3.05) is 6.54 Å². The fourth-order valence-corrected chi connectivity index (χ4v) is 2.73. The lowest BCUT2D eigenvalue weighted by Gasteiger charge is -2.48. The van der Waals surface area contributed by atoms with E-state index in [2.05, 4.69) is 0 Å².